The van der Waals surface area contributed by atoms with Crippen molar-refractivity contribution in [3.05, 3.63) is 47.2 Å². The zero-order chi connectivity index (χ0) is 18.4. The van der Waals surface area contributed by atoms with Crippen LogP contribution in [0.3, 0.4) is 0 Å². The van der Waals surface area contributed by atoms with Gasteiger partial charge in [-0.3, -0.25) is 4.79 Å². The molecule has 1 aromatic heterocycles. The van der Waals surface area contributed by atoms with Crippen molar-refractivity contribution in [2.24, 2.45) is 0 Å². The summed E-state index contributed by atoms with van der Waals surface area (Å²) in [6.07, 6.45) is 2.12. The van der Waals surface area contributed by atoms with Crippen LogP contribution in [0.1, 0.15) is 22.3 Å². The average molecular weight is 370 g/mol. The Balaban J connectivity index is 2.00. The summed E-state index contributed by atoms with van der Waals surface area (Å²) >= 11 is 0. The molecule has 1 aliphatic rings. The number of nitrogens with zero attached hydrogens (tertiary/aromatic N) is 2. The molecule has 2 heterocycles. The predicted molar refractivity (Wildman–Crippen MR) is 85.9 cm³/mol. The Labute approximate surface area is 143 Å². The van der Waals surface area contributed by atoms with Crippen LogP contribution < -0.4 is 4.90 Å². The fourth-order valence-corrected chi connectivity index (χ4v) is 3.52. The molecule has 3 rings (SSSR count). The van der Waals surface area contributed by atoms with Crippen LogP contribution >= 0.6 is 0 Å². The van der Waals surface area contributed by atoms with Gasteiger partial charge in [0.15, 0.2) is 11.6 Å². The first-order chi connectivity index (χ1) is 11.7. The molecular weight excluding hydrogens is 354 g/mol. The number of amides is 1. The minimum Gasteiger partial charge on any atom is -0.451 e. The van der Waals surface area contributed by atoms with Gasteiger partial charge in [-0.15, -0.1) is 0 Å². The van der Waals surface area contributed by atoms with Crippen molar-refractivity contribution in [2.45, 2.75) is 17.9 Å². The van der Waals surface area contributed by atoms with Crippen molar-refractivity contribution in [1.29, 1.82) is 0 Å². The minimum absolute atomic E-state index is 0.0445. The molecule has 2 aromatic rings. The van der Waals surface area contributed by atoms with E-state index in [0.717, 1.165) is 27.6 Å². The minimum atomic E-state index is -3.83. The number of hydrogen-bond acceptors (Lipinski definition) is 4. The highest BCUT2D eigenvalue weighted by Gasteiger charge is 2.30. The van der Waals surface area contributed by atoms with Crippen molar-refractivity contribution in [2.75, 3.05) is 25.5 Å². The van der Waals surface area contributed by atoms with Gasteiger partial charge in [0.25, 0.3) is 15.9 Å². The second-order valence-corrected chi connectivity index (χ2v) is 7.95. The monoisotopic (exact) mass is 370 g/mol. The van der Waals surface area contributed by atoms with Crippen LogP contribution in [0.15, 0.2) is 34.0 Å². The van der Waals surface area contributed by atoms with E-state index in [1.54, 1.807) is 0 Å². The number of sulfonamides is 1. The van der Waals surface area contributed by atoms with Gasteiger partial charge in [0, 0.05) is 26.7 Å². The Bertz CT molecular complexity index is 938. The standard InChI is InChI=1S/C16H16F2N2O4S/c1-19(2)25(22,23)13-8-11(9-24-13)16(21)20-7-3-4-10-5-6-12(17)14(18)15(10)20/h5-6,8-9H,3-4,7H2,1-2H3. The fraction of sp³-hybridized carbons (Fsp3) is 0.312. The van der Waals surface area contributed by atoms with Gasteiger partial charge in [-0.25, -0.2) is 21.5 Å². The largest absolute Gasteiger partial charge is 0.451 e. The lowest BCUT2D eigenvalue weighted by molar-refractivity contribution is 0.0983. The molecule has 134 valence electrons. The molecule has 1 aliphatic heterocycles. The van der Waals surface area contributed by atoms with E-state index in [9.17, 15) is 22.0 Å². The number of aryl methyl sites for hydroxylation is 1. The molecule has 25 heavy (non-hydrogen) atoms. The molecule has 1 aromatic carbocycles. The molecule has 0 bridgehead atoms. The highest BCUT2D eigenvalue weighted by atomic mass is 32.2. The lowest BCUT2D eigenvalue weighted by Gasteiger charge is -2.29. The van der Waals surface area contributed by atoms with E-state index in [-0.39, 0.29) is 17.8 Å². The molecule has 0 saturated carbocycles. The summed E-state index contributed by atoms with van der Waals surface area (Å²) in [4.78, 5) is 13.8. The summed E-state index contributed by atoms with van der Waals surface area (Å²) in [5, 5.41) is -0.391. The summed E-state index contributed by atoms with van der Waals surface area (Å²) in [6.45, 7) is 0.202. The Morgan fingerprint density at radius 2 is 2.00 bits per heavy atom. The summed E-state index contributed by atoms with van der Waals surface area (Å²) in [6, 6.07) is 3.56. The van der Waals surface area contributed by atoms with E-state index in [0.29, 0.717) is 18.4 Å². The molecule has 0 spiro atoms. The number of anilines is 1. The van der Waals surface area contributed by atoms with E-state index in [2.05, 4.69) is 0 Å². The van der Waals surface area contributed by atoms with Crippen LogP contribution in [-0.4, -0.2) is 39.3 Å². The van der Waals surface area contributed by atoms with Crippen LogP contribution in [0.25, 0.3) is 0 Å². The highest BCUT2D eigenvalue weighted by molar-refractivity contribution is 7.88. The number of furan rings is 1. The van der Waals surface area contributed by atoms with Crippen LogP contribution in [0.4, 0.5) is 14.5 Å². The zero-order valence-corrected chi connectivity index (χ0v) is 14.4. The van der Waals surface area contributed by atoms with Gasteiger partial charge in [0.1, 0.15) is 6.26 Å². The third-order valence-electron chi connectivity index (χ3n) is 4.05. The summed E-state index contributed by atoms with van der Waals surface area (Å²) in [5.41, 5.74) is 0.384. The van der Waals surface area contributed by atoms with Crippen LogP contribution in [0.2, 0.25) is 0 Å². The molecular formula is C16H16F2N2O4S. The first-order valence-electron chi connectivity index (χ1n) is 7.53. The van der Waals surface area contributed by atoms with Crippen LogP contribution in [0.5, 0.6) is 0 Å². The molecule has 0 fully saturated rings. The lowest BCUT2D eigenvalue weighted by atomic mass is 10.0. The first-order valence-corrected chi connectivity index (χ1v) is 8.97. The molecule has 0 aliphatic carbocycles. The third kappa shape index (κ3) is 2.93. The molecule has 0 atom stereocenters. The average Bonchev–Trinajstić information content (AvgIpc) is 3.07. The van der Waals surface area contributed by atoms with Gasteiger partial charge in [-0.05, 0) is 24.5 Å². The molecule has 0 saturated heterocycles. The molecule has 9 heteroatoms. The Morgan fingerprint density at radius 1 is 1.28 bits per heavy atom. The lowest BCUT2D eigenvalue weighted by Crippen LogP contribution is -2.36. The van der Waals surface area contributed by atoms with Crippen molar-refractivity contribution in [1.82, 2.24) is 4.31 Å². The van der Waals surface area contributed by atoms with E-state index in [1.807, 2.05) is 0 Å². The molecule has 0 N–H and O–H groups in total. The van der Waals surface area contributed by atoms with Crippen LogP contribution in [-0.2, 0) is 16.4 Å². The van der Waals surface area contributed by atoms with Gasteiger partial charge in [-0.2, -0.15) is 0 Å². The van der Waals surface area contributed by atoms with Gasteiger partial charge in [0.05, 0.1) is 11.3 Å². The van der Waals surface area contributed by atoms with Gasteiger partial charge >= 0.3 is 0 Å². The molecule has 0 radical (unpaired) electrons. The summed E-state index contributed by atoms with van der Waals surface area (Å²) in [7, 11) is -1.17. The topological polar surface area (TPSA) is 70.8 Å². The maximum atomic E-state index is 14.2. The predicted octanol–water partition coefficient (Wildman–Crippen LogP) is 2.40. The van der Waals surface area contributed by atoms with Gasteiger partial charge in [-0.1, -0.05) is 6.07 Å². The zero-order valence-electron chi connectivity index (χ0n) is 13.6. The van der Waals surface area contributed by atoms with E-state index >= 15 is 0 Å². The summed E-state index contributed by atoms with van der Waals surface area (Å²) < 4.78 is 57.8. The smallest absolute Gasteiger partial charge is 0.275 e. The maximum absolute atomic E-state index is 14.2. The van der Waals surface area contributed by atoms with Crippen molar-refractivity contribution in [3.8, 4) is 0 Å². The molecule has 6 nitrogen and oxygen atoms in total. The number of halogens is 2. The first kappa shape index (κ1) is 17.6. The number of carbonyl (C=O) groups is 1. The third-order valence-corrected chi connectivity index (χ3v) is 5.74. The Kier molecular flexibility index (Phi) is 4.38. The van der Waals surface area contributed by atoms with E-state index in [1.165, 1.54) is 20.2 Å². The second kappa shape index (κ2) is 6.23. The number of carbonyl (C=O) groups excluding carboxylic acids is 1. The SMILES string of the molecule is CN(C)S(=O)(=O)c1cc(C(=O)N2CCCc3ccc(F)c(F)c32)co1. The molecule has 0 unspecified atom stereocenters. The Morgan fingerprint density at radius 3 is 2.68 bits per heavy atom. The van der Waals surface area contributed by atoms with Gasteiger partial charge in [0.2, 0.25) is 5.09 Å². The molecule has 1 amide bonds. The van der Waals surface area contributed by atoms with E-state index in [4.69, 9.17) is 4.42 Å². The quantitative estimate of drug-likeness (QED) is 0.832. The van der Waals surface area contributed by atoms with Crippen molar-refractivity contribution < 1.29 is 26.4 Å². The fourth-order valence-electron chi connectivity index (χ4n) is 2.72. The van der Waals surface area contributed by atoms with Crippen LogP contribution in [0, 0.1) is 11.6 Å². The normalized spacial score (nSPS) is 14.7. The van der Waals surface area contributed by atoms with Crippen molar-refractivity contribution in [3.63, 3.8) is 0 Å². The maximum Gasteiger partial charge on any atom is 0.275 e. The van der Waals surface area contributed by atoms with Crippen molar-refractivity contribution >= 4 is 21.6 Å². The van der Waals surface area contributed by atoms with E-state index < -0.39 is 32.7 Å². The number of benzene rings is 1. The number of rotatable bonds is 3. The number of fused-ring (bicyclic) bond motifs is 1. The van der Waals surface area contributed by atoms with Gasteiger partial charge < -0.3 is 9.32 Å². The summed E-state index contributed by atoms with van der Waals surface area (Å²) in [5.74, 6) is -2.77. The Hall–Kier alpha value is -2.26. The highest BCUT2D eigenvalue weighted by Crippen LogP contribution is 2.33. The second-order valence-electron chi connectivity index (χ2n) is 5.87. The number of hydrogen-bond donors (Lipinski definition) is 0.